The average Bonchev–Trinajstić information content (AvgIpc) is 2.76. The lowest BCUT2D eigenvalue weighted by Gasteiger charge is -2.07. The number of aromatic nitrogens is 1. The number of carbonyl (C=O) groups excluding carboxylic acids is 2. The van der Waals surface area contributed by atoms with Gasteiger partial charge in [0.1, 0.15) is 11.8 Å². The molecule has 0 amide bonds. The SMILES string of the molecule is COC(=O)C(=C=CO)c1c(C(=O)OC)ccn1C. The molecule has 0 bridgehead atoms. The molecule has 0 saturated carbocycles. The van der Waals surface area contributed by atoms with Gasteiger partial charge in [-0.2, -0.15) is 0 Å². The lowest BCUT2D eigenvalue weighted by atomic mass is 10.1. The Balaban J connectivity index is 3.47. The summed E-state index contributed by atoms with van der Waals surface area (Å²) in [5.41, 5.74) is 2.73. The molecule has 0 fully saturated rings. The molecule has 0 atom stereocenters. The van der Waals surface area contributed by atoms with Crippen LogP contribution in [0.1, 0.15) is 16.1 Å². The molecule has 1 aromatic heterocycles. The molecule has 0 spiro atoms. The Morgan fingerprint density at radius 2 is 2.06 bits per heavy atom. The van der Waals surface area contributed by atoms with Crippen LogP contribution in [0, 0.1) is 0 Å². The van der Waals surface area contributed by atoms with E-state index in [-0.39, 0.29) is 16.8 Å². The van der Waals surface area contributed by atoms with E-state index < -0.39 is 11.9 Å². The first-order valence-electron chi connectivity index (χ1n) is 4.98. The second-order valence-electron chi connectivity index (χ2n) is 3.32. The largest absolute Gasteiger partial charge is 0.507 e. The fraction of sp³-hybridized carbons (Fsp3) is 0.250. The summed E-state index contributed by atoms with van der Waals surface area (Å²) in [6.07, 6.45) is 2.17. The Kier molecular flexibility index (Phi) is 4.34. The molecule has 18 heavy (non-hydrogen) atoms. The van der Waals surface area contributed by atoms with E-state index in [1.165, 1.54) is 24.9 Å². The van der Waals surface area contributed by atoms with Crippen LogP contribution in [0.4, 0.5) is 0 Å². The predicted octanol–water partition coefficient (Wildman–Crippen LogP) is 1.04. The van der Waals surface area contributed by atoms with Gasteiger partial charge in [-0.1, -0.05) is 5.73 Å². The zero-order valence-electron chi connectivity index (χ0n) is 10.3. The number of carbonyl (C=O) groups is 2. The van der Waals surface area contributed by atoms with Crippen LogP contribution in [-0.2, 0) is 21.3 Å². The third-order valence-electron chi connectivity index (χ3n) is 2.31. The van der Waals surface area contributed by atoms with Crippen molar-refractivity contribution in [2.75, 3.05) is 14.2 Å². The molecule has 0 aliphatic heterocycles. The third kappa shape index (κ3) is 2.44. The number of aliphatic hydroxyl groups excluding tert-OH is 1. The van der Waals surface area contributed by atoms with Crippen LogP contribution in [0.2, 0.25) is 0 Å². The normalized spacial score (nSPS) is 9.28. The first-order chi connectivity index (χ1) is 8.56. The van der Waals surface area contributed by atoms with Gasteiger partial charge in [-0.05, 0) is 6.07 Å². The van der Waals surface area contributed by atoms with E-state index in [9.17, 15) is 9.59 Å². The minimum absolute atomic E-state index is 0.0621. The molecule has 1 N–H and O–H groups in total. The number of hydrogen-bond acceptors (Lipinski definition) is 5. The molecule has 0 aliphatic rings. The first-order valence-corrected chi connectivity index (χ1v) is 4.98. The van der Waals surface area contributed by atoms with E-state index >= 15 is 0 Å². The molecule has 96 valence electrons. The van der Waals surface area contributed by atoms with Gasteiger partial charge < -0.3 is 19.1 Å². The topological polar surface area (TPSA) is 77.8 Å². The van der Waals surface area contributed by atoms with Crippen molar-refractivity contribution in [1.29, 1.82) is 0 Å². The molecule has 0 radical (unpaired) electrons. The van der Waals surface area contributed by atoms with Crippen LogP contribution >= 0.6 is 0 Å². The Morgan fingerprint density at radius 3 is 2.56 bits per heavy atom. The van der Waals surface area contributed by atoms with Crippen molar-refractivity contribution in [3.8, 4) is 0 Å². The van der Waals surface area contributed by atoms with Crippen LogP contribution in [0.25, 0.3) is 5.57 Å². The van der Waals surface area contributed by atoms with Crippen molar-refractivity contribution < 1.29 is 24.2 Å². The molecule has 1 heterocycles. The first kappa shape index (κ1) is 13.6. The zero-order valence-corrected chi connectivity index (χ0v) is 10.3. The number of rotatable bonds is 3. The van der Waals surface area contributed by atoms with Gasteiger partial charge in [-0.15, -0.1) is 0 Å². The summed E-state index contributed by atoms with van der Waals surface area (Å²) in [6, 6.07) is 1.50. The summed E-state index contributed by atoms with van der Waals surface area (Å²) in [5.74, 6) is -1.31. The molecule has 6 heteroatoms. The van der Waals surface area contributed by atoms with Crippen molar-refractivity contribution in [3.05, 3.63) is 35.5 Å². The minimum atomic E-state index is -0.716. The van der Waals surface area contributed by atoms with Crippen LogP contribution < -0.4 is 0 Å². The zero-order chi connectivity index (χ0) is 13.7. The Labute approximate surface area is 104 Å². The lowest BCUT2D eigenvalue weighted by Crippen LogP contribution is -2.11. The highest BCUT2D eigenvalue weighted by molar-refractivity contribution is 6.18. The van der Waals surface area contributed by atoms with Gasteiger partial charge in [0, 0.05) is 13.2 Å². The van der Waals surface area contributed by atoms with Crippen LogP contribution in [0.15, 0.2) is 24.3 Å². The standard InChI is InChI=1S/C12H13NO5/c1-13-6-4-8(11(15)17-2)10(13)9(5-7-14)12(16)18-3/h4,6-7,14H,1-3H3. The maximum Gasteiger partial charge on any atom is 0.348 e. The minimum Gasteiger partial charge on any atom is -0.507 e. The van der Waals surface area contributed by atoms with Crippen LogP contribution in [-0.4, -0.2) is 35.8 Å². The number of aryl methyl sites for hydroxylation is 1. The highest BCUT2D eigenvalue weighted by Crippen LogP contribution is 2.21. The van der Waals surface area contributed by atoms with Crippen molar-refractivity contribution in [1.82, 2.24) is 4.57 Å². The molecule has 0 aromatic carbocycles. The molecular formula is C12H13NO5. The van der Waals surface area contributed by atoms with E-state index in [0.29, 0.717) is 6.26 Å². The van der Waals surface area contributed by atoms with E-state index in [1.54, 1.807) is 13.2 Å². The number of hydrogen-bond donors (Lipinski definition) is 1. The predicted molar refractivity (Wildman–Crippen MR) is 62.9 cm³/mol. The second kappa shape index (κ2) is 5.75. The van der Waals surface area contributed by atoms with E-state index in [1.807, 2.05) is 0 Å². The maximum absolute atomic E-state index is 11.6. The van der Waals surface area contributed by atoms with Gasteiger partial charge in [0.15, 0.2) is 0 Å². The highest BCUT2D eigenvalue weighted by Gasteiger charge is 2.23. The molecule has 6 nitrogen and oxygen atoms in total. The average molecular weight is 251 g/mol. The number of nitrogens with zero attached hydrogens (tertiary/aromatic N) is 1. The van der Waals surface area contributed by atoms with Gasteiger partial charge >= 0.3 is 11.9 Å². The van der Waals surface area contributed by atoms with Gasteiger partial charge in [0.05, 0.1) is 25.5 Å². The van der Waals surface area contributed by atoms with Crippen molar-refractivity contribution in [2.45, 2.75) is 0 Å². The van der Waals surface area contributed by atoms with E-state index in [0.717, 1.165) is 0 Å². The van der Waals surface area contributed by atoms with Gasteiger partial charge in [-0.25, -0.2) is 9.59 Å². The van der Waals surface area contributed by atoms with Crippen molar-refractivity contribution in [3.63, 3.8) is 0 Å². The fourth-order valence-corrected chi connectivity index (χ4v) is 1.51. The molecule has 0 unspecified atom stereocenters. The Hall–Kier alpha value is -2.46. The quantitative estimate of drug-likeness (QED) is 0.376. The van der Waals surface area contributed by atoms with E-state index in [4.69, 9.17) is 5.11 Å². The molecule has 0 saturated heterocycles. The summed E-state index contributed by atoms with van der Waals surface area (Å²) in [5, 5.41) is 8.77. The third-order valence-corrected chi connectivity index (χ3v) is 2.31. The van der Waals surface area contributed by atoms with Crippen molar-refractivity contribution >= 4 is 17.5 Å². The highest BCUT2D eigenvalue weighted by atomic mass is 16.5. The Bertz CT molecular complexity index is 535. The Morgan fingerprint density at radius 1 is 1.39 bits per heavy atom. The summed E-state index contributed by atoms with van der Waals surface area (Å²) >= 11 is 0. The molecule has 0 aliphatic carbocycles. The lowest BCUT2D eigenvalue weighted by molar-refractivity contribution is -0.133. The number of esters is 2. The monoisotopic (exact) mass is 251 g/mol. The van der Waals surface area contributed by atoms with Crippen LogP contribution in [0.3, 0.4) is 0 Å². The maximum atomic E-state index is 11.6. The summed E-state index contributed by atoms with van der Waals surface area (Å²) < 4.78 is 10.7. The van der Waals surface area contributed by atoms with Gasteiger partial charge in [0.2, 0.25) is 0 Å². The molecular weight excluding hydrogens is 238 g/mol. The smallest absolute Gasteiger partial charge is 0.348 e. The number of methoxy groups -OCH3 is 2. The summed E-state index contributed by atoms with van der Waals surface area (Å²) in [7, 11) is 4.08. The van der Waals surface area contributed by atoms with Crippen LogP contribution in [0.5, 0.6) is 0 Å². The van der Waals surface area contributed by atoms with Gasteiger partial charge in [-0.3, -0.25) is 0 Å². The fourth-order valence-electron chi connectivity index (χ4n) is 1.51. The van der Waals surface area contributed by atoms with Crippen molar-refractivity contribution in [2.24, 2.45) is 7.05 Å². The van der Waals surface area contributed by atoms with E-state index in [2.05, 4.69) is 15.2 Å². The molecule has 1 aromatic rings. The molecule has 1 rings (SSSR count). The number of aliphatic hydroxyl groups is 1. The van der Waals surface area contributed by atoms with Gasteiger partial charge in [0.25, 0.3) is 0 Å². The summed E-state index contributed by atoms with van der Waals surface area (Å²) in [4.78, 5) is 23.2. The summed E-state index contributed by atoms with van der Waals surface area (Å²) in [6.45, 7) is 0. The number of ether oxygens (including phenoxy) is 2. The second-order valence-corrected chi connectivity index (χ2v) is 3.32.